The van der Waals surface area contributed by atoms with Crippen LogP contribution in [0.25, 0.3) is 0 Å². The maximum atomic E-state index is 8.49. The Morgan fingerprint density at radius 1 is 0.846 bits per heavy atom. The largest absolute Gasteiger partial charge is 0.258 e. The van der Waals surface area contributed by atoms with Gasteiger partial charge in [0.05, 0.1) is 0 Å². The monoisotopic (exact) mass is 167 g/mol. The Morgan fingerprint density at radius 3 is 1.62 bits per heavy atom. The van der Waals surface area contributed by atoms with Crippen LogP contribution in [-0.4, -0.2) is 5.87 Å². The topological polar surface area (TPSA) is 119 Å². The van der Waals surface area contributed by atoms with Crippen molar-refractivity contribution in [2.45, 2.75) is 0 Å². The van der Waals surface area contributed by atoms with Gasteiger partial charge in [0, 0.05) is 0 Å². The van der Waals surface area contributed by atoms with Gasteiger partial charge in [0.25, 0.3) is 0 Å². The fraction of sp³-hybridized carbons (Fsp3) is 0. The molecule has 0 aromatic carbocycles. The Morgan fingerprint density at radius 2 is 1.38 bits per heavy atom. The first-order valence-corrected chi connectivity index (χ1v) is 2.89. The molecule has 1 N–H and O–H groups in total. The lowest BCUT2D eigenvalue weighted by molar-refractivity contribution is 1.39. The molecule has 0 saturated heterocycles. The molecule has 5 heteroatoms. The summed E-state index contributed by atoms with van der Waals surface area (Å²) < 4.78 is 0. The lowest BCUT2D eigenvalue weighted by atomic mass is 10.1. The van der Waals surface area contributed by atoms with Gasteiger partial charge in [-0.1, -0.05) is 0 Å². The van der Waals surface area contributed by atoms with Gasteiger partial charge in [-0.15, -0.1) is 0 Å². The van der Waals surface area contributed by atoms with Gasteiger partial charge in [0.2, 0.25) is 0 Å². The molecule has 0 radical (unpaired) electrons. The van der Waals surface area contributed by atoms with E-state index >= 15 is 0 Å². The Hall–Kier alpha value is -2.85. The van der Waals surface area contributed by atoms with Crippen molar-refractivity contribution < 1.29 is 0 Å². The molecule has 0 heterocycles. The zero-order chi connectivity index (χ0) is 10.3. The van der Waals surface area contributed by atoms with E-state index in [1.165, 1.54) is 24.3 Å². The van der Waals surface area contributed by atoms with E-state index in [4.69, 9.17) is 26.5 Å². The highest BCUT2D eigenvalue weighted by atomic mass is 14.4. The summed E-state index contributed by atoms with van der Waals surface area (Å²) in [6, 6.07) is 5.89. The van der Waals surface area contributed by atoms with Crippen molar-refractivity contribution in [3.8, 4) is 24.3 Å². The summed E-state index contributed by atoms with van der Waals surface area (Å²) in [5.41, 5.74) is -1.32. The van der Waals surface area contributed by atoms with Crippen molar-refractivity contribution >= 4 is 5.87 Å². The Kier molecular flexibility index (Phi) is 3.82. The third-order valence-corrected chi connectivity index (χ3v) is 1.07. The highest BCUT2D eigenvalue weighted by Crippen LogP contribution is 2.09. The summed E-state index contributed by atoms with van der Waals surface area (Å²) in [4.78, 5) is 0. The molecular formula is C8HN5. The molecule has 0 atom stereocenters. The minimum absolute atomic E-state index is 0.414. The summed E-state index contributed by atoms with van der Waals surface area (Å²) in [7, 11) is 0. The third kappa shape index (κ3) is 2.04. The zero-order valence-corrected chi connectivity index (χ0v) is 6.29. The molecular weight excluding hydrogens is 166 g/mol. The number of nitrogens with one attached hydrogen (secondary N) is 1. The fourth-order valence-electron chi connectivity index (χ4n) is 0.520. The standard InChI is InChI=1S/C8HN5/c9-1-6(2-10)8(5-13)7(3-11)4-12/h9H. The van der Waals surface area contributed by atoms with E-state index in [-0.39, 0.29) is 0 Å². The molecule has 0 amide bonds. The average molecular weight is 167 g/mol. The van der Waals surface area contributed by atoms with Crippen molar-refractivity contribution in [1.29, 1.82) is 26.5 Å². The molecule has 5 nitrogen and oxygen atoms in total. The predicted molar refractivity (Wildman–Crippen MR) is 40.7 cm³/mol. The predicted octanol–water partition coefficient (Wildman–Crippen LogP) is 0.552. The first-order chi connectivity index (χ1) is 6.24. The molecule has 0 aromatic heterocycles. The zero-order valence-electron chi connectivity index (χ0n) is 6.29. The number of nitriles is 4. The van der Waals surface area contributed by atoms with Crippen LogP contribution in [0.1, 0.15) is 0 Å². The van der Waals surface area contributed by atoms with Crippen LogP contribution >= 0.6 is 0 Å². The molecule has 0 aromatic rings. The van der Waals surface area contributed by atoms with Crippen LogP contribution < -0.4 is 0 Å². The molecule has 58 valence electrons. The van der Waals surface area contributed by atoms with Crippen molar-refractivity contribution in [2.24, 2.45) is 0 Å². The Labute approximate surface area is 74.2 Å². The van der Waals surface area contributed by atoms with Crippen molar-refractivity contribution in [3.63, 3.8) is 0 Å². The van der Waals surface area contributed by atoms with E-state index in [9.17, 15) is 0 Å². The van der Waals surface area contributed by atoms with Crippen LogP contribution in [0.3, 0.4) is 0 Å². The quantitative estimate of drug-likeness (QED) is 0.348. The fourth-order valence-corrected chi connectivity index (χ4v) is 0.520. The van der Waals surface area contributed by atoms with Crippen molar-refractivity contribution in [2.75, 3.05) is 0 Å². The second-order valence-corrected chi connectivity index (χ2v) is 1.70. The number of hydrogen-bond donors (Lipinski definition) is 1. The van der Waals surface area contributed by atoms with Gasteiger partial charge in [-0.2, -0.15) is 21.0 Å². The van der Waals surface area contributed by atoms with Gasteiger partial charge < -0.3 is 0 Å². The third-order valence-electron chi connectivity index (χ3n) is 1.07. The second-order valence-electron chi connectivity index (χ2n) is 1.70. The molecule has 0 aliphatic rings. The van der Waals surface area contributed by atoms with Gasteiger partial charge in [-0.05, 0) is 5.87 Å². The number of nitrogens with zero attached hydrogens (tertiary/aromatic N) is 4. The van der Waals surface area contributed by atoms with Crippen LogP contribution in [0.5, 0.6) is 0 Å². The average Bonchev–Trinajstić information content (AvgIpc) is 2.18. The van der Waals surface area contributed by atoms with E-state index < -0.39 is 16.7 Å². The van der Waals surface area contributed by atoms with E-state index in [0.717, 1.165) is 0 Å². The van der Waals surface area contributed by atoms with Gasteiger partial charge in [0.15, 0.2) is 0 Å². The molecule has 0 spiro atoms. The van der Waals surface area contributed by atoms with Gasteiger partial charge >= 0.3 is 0 Å². The summed E-state index contributed by atoms with van der Waals surface area (Å²) in [5, 5.41) is 40.3. The second kappa shape index (κ2) is 4.89. The van der Waals surface area contributed by atoms with E-state index in [1.807, 2.05) is 0 Å². The highest BCUT2D eigenvalue weighted by molar-refractivity contribution is 5.74. The molecule has 0 rings (SSSR count). The van der Waals surface area contributed by atoms with E-state index in [0.29, 0.717) is 0 Å². The Bertz CT molecular complexity index is 447. The number of hydrogen-bond acceptors (Lipinski definition) is 5. The minimum Gasteiger partial charge on any atom is -0.258 e. The van der Waals surface area contributed by atoms with Crippen molar-refractivity contribution in [1.82, 2.24) is 0 Å². The molecule has 0 saturated carbocycles. The maximum absolute atomic E-state index is 8.49. The van der Waals surface area contributed by atoms with E-state index in [1.54, 1.807) is 5.87 Å². The van der Waals surface area contributed by atoms with Crippen LogP contribution in [-0.2, 0) is 0 Å². The summed E-state index contributed by atoms with van der Waals surface area (Å²) in [5.74, 6) is 1.67. The van der Waals surface area contributed by atoms with Crippen molar-refractivity contribution in [3.05, 3.63) is 16.7 Å². The summed E-state index contributed by atoms with van der Waals surface area (Å²) in [6.45, 7) is 0. The highest BCUT2D eigenvalue weighted by Gasteiger charge is 2.10. The normalized spacial score (nSPS) is 6.15. The Balaban J connectivity index is 5.75. The lowest BCUT2D eigenvalue weighted by Crippen LogP contribution is -1.89. The molecule has 0 aliphatic carbocycles. The van der Waals surface area contributed by atoms with E-state index in [2.05, 4.69) is 0 Å². The number of allylic oxidation sites excluding steroid dienone is 3. The lowest BCUT2D eigenvalue weighted by Gasteiger charge is -1.88. The van der Waals surface area contributed by atoms with Crippen LogP contribution in [0.15, 0.2) is 16.7 Å². The van der Waals surface area contributed by atoms with Crippen LogP contribution in [0.2, 0.25) is 0 Å². The first kappa shape index (κ1) is 10.2. The van der Waals surface area contributed by atoms with Crippen LogP contribution in [0, 0.1) is 50.7 Å². The molecule has 0 aliphatic heterocycles. The number of rotatable bonds is 1. The summed E-state index contributed by atoms with van der Waals surface area (Å²) in [6.07, 6.45) is 0. The maximum Gasteiger partial charge on any atom is 0.149 e. The SMILES string of the molecule is N#CC(=C=N)C(C#N)=C(C#N)C#N. The van der Waals surface area contributed by atoms with Gasteiger partial charge in [-0.25, -0.2) is 0 Å². The van der Waals surface area contributed by atoms with Crippen LogP contribution in [0.4, 0.5) is 0 Å². The smallest absolute Gasteiger partial charge is 0.149 e. The molecule has 0 fully saturated rings. The summed E-state index contributed by atoms with van der Waals surface area (Å²) >= 11 is 0. The minimum atomic E-state index is -0.487. The molecule has 13 heavy (non-hydrogen) atoms. The van der Waals surface area contributed by atoms with Gasteiger partial charge in [-0.3, -0.25) is 5.41 Å². The molecule has 0 bridgehead atoms. The van der Waals surface area contributed by atoms with Gasteiger partial charge in [0.1, 0.15) is 41.0 Å². The molecule has 0 unspecified atom stereocenters. The first-order valence-electron chi connectivity index (χ1n) is 2.89.